The number of nitrogen functional groups attached to an aromatic ring is 1. The third-order valence-corrected chi connectivity index (χ3v) is 17.1. The maximum atomic E-state index is 14.2. The number of carbonyl (C=O) groups is 5. The van der Waals surface area contributed by atoms with Gasteiger partial charge in [0.15, 0.2) is 17.3 Å². The Bertz CT molecular complexity index is 2990. The first-order chi connectivity index (χ1) is 39.1. The standard InChI is InChI=1S/C61H79Cl2FN10O7S/c1-37-33-72(59(79)43-23-25-44(26-24-43)68-57(77)48-31-50(56(65)71-70-48)81-40(4)52-46(62)27-28-47(64)53(52)63)34-38(2)73(37)29-17-15-13-11-9-8-10-12-14-16-18-51(76)69-55(61(5,6)7)60(80)74-35-45(75)30-49(74)58(78)66-32-41-19-21-42(22-20-41)54-39(3)67-36-82-54/h19-28,31,36-38,40,45,49,55,75H,8-18,29-30,32-35H2,1-7H3,(H2,65,71)(H,66,78)(H,68,77)(H,69,76)/t37-,38+,40-,45-,49+,55-/m1/s1. The topological polar surface area (TPSA) is 225 Å². The van der Waals surface area contributed by atoms with Gasteiger partial charge in [-0.05, 0) is 100 Å². The van der Waals surface area contributed by atoms with E-state index < -0.39 is 41.4 Å². The highest BCUT2D eigenvalue weighted by atomic mass is 35.5. The number of β-amino-alcohol motifs (C(OH)–C–C–N with tert-alkyl or cyclic N) is 1. The molecule has 0 spiro atoms. The SMILES string of the molecule is Cc1ncsc1-c1ccc(CNC(=O)[C@@H]2C[C@@H](O)CN2C(=O)[C@@H](NC(=O)CCCCCCCCCCCCN2[C@H](C)CN(C(=O)c3ccc(NC(=O)c4cc(O[C@H](C)c5c(Cl)ccc(F)c5Cl)c(N)nn4)cc3)C[C@@H]2C)C(C)(C)C)cc1. The number of aromatic nitrogens is 3. The molecule has 0 aliphatic carbocycles. The van der Waals surface area contributed by atoms with Gasteiger partial charge in [0, 0.05) is 79.0 Å². The third kappa shape index (κ3) is 17.0. The van der Waals surface area contributed by atoms with Crippen LogP contribution in [0.3, 0.4) is 0 Å². The van der Waals surface area contributed by atoms with Gasteiger partial charge in [-0.25, -0.2) is 9.37 Å². The Kier molecular flexibility index (Phi) is 22.6. The van der Waals surface area contributed by atoms with Gasteiger partial charge in [-0.3, -0.25) is 28.9 Å². The summed E-state index contributed by atoms with van der Waals surface area (Å²) in [6.45, 7) is 16.1. The summed E-state index contributed by atoms with van der Waals surface area (Å²) in [6.07, 6.45) is 9.46. The molecule has 6 N–H and O–H groups in total. The number of carbonyl (C=O) groups excluding carboxylic acids is 5. The number of nitrogens with zero attached hydrogens (tertiary/aromatic N) is 6. The Labute approximate surface area is 495 Å². The van der Waals surface area contributed by atoms with Crippen molar-refractivity contribution in [3.8, 4) is 16.2 Å². The lowest BCUT2D eigenvalue weighted by atomic mass is 9.85. The van der Waals surface area contributed by atoms with Gasteiger partial charge in [0.25, 0.3) is 11.8 Å². The highest BCUT2D eigenvalue weighted by Gasteiger charge is 2.44. The number of amides is 5. The van der Waals surface area contributed by atoms with Crippen molar-refractivity contribution in [2.24, 2.45) is 5.41 Å². The summed E-state index contributed by atoms with van der Waals surface area (Å²) in [4.78, 5) is 78.9. The van der Waals surface area contributed by atoms with Crippen LogP contribution in [0.1, 0.15) is 162 Å². The average Bonchev–Trinajstić information content (AvgIpc) is 4.18. The van der Waals surface area contributed by atoms with Crippen LogP contribution in [0.25, 0.3) is 10.4 Å². The highest BCUT2D eigenvalue weighted by molar-refractivity contribution is 7.13. The molecular formula is C61H79Cl2FN10O7S. The summed E-state index contributed by atoms with van der Waals surface area (Å²) in [6, 6.07) is 17.2. The van der Waals surface area contributed by atoms with Crippen molar-refractivity contribution in [1.82, 2.24) is 40.5 Å². The fourth-order valence-corrected chi connectivity index (χ4v) is 12.3. The zero-order valence-electron chi connectivity index (χ0n) is 48.1. The van der Waals surface area contributed by atoms with Crippen LogP contribution in [-0.4, -0.2) is 121 Å². The van der Waals surface area contributed by atoms with Crippen molar-refractivity contribution in [2.45, 2.75) is 168 Å². The number of anilines is 2. The number of nitrogens with one attached hydrogen (secondary N) is 3. The number of nitrogens with two attached hydrogens (primary N) is 1. The number of hydrogen-bond acceptors (Lipinski definition) is 13. The molecule has 0 saturated carbocycles. The maximum absolute atomic E-state index is 14.2. The van der Waals surface area contributed by atoms with Crippen molar-refractivity contribution >= 4 is 75.6 Å². The van der Waals surface area contributed by atoms with E-state index in [1.54, 1.807) is 42.5 Å². The normalized spacial score (nSPS) is 18.2. The summed E-state index contributed by atoms with van der Waals surface area (Å²) in [5.74, 6) is -2.26. The summed E-state index contributed by atoms with van der Waals surface area (Å²) in [5, 5.41) is 27.1. The minimum Gasteiger partial charge on any atom is -0.482 e. The van der Waals surface area contributed by atoms with E-state index in [0.717, 1.165) is 79.3 Å². The molecule has 21 heteroatoms. The first-order valence-corrected chi connectivity index (χ1v) is 30.2. The van der Waals surface area contributed by atoms with Crippen LogP contribution in [0.2, 0.25) is 10.0 Å². The maximum Gasteiger partial charge on any atom is 0.276 e. The number of aliphatic hydroxyl groups is 1. The molecular weight excluding hydrogens is 1110 g/mol. The number of thiazole rings is 1. The monoisotopic (exact) mass is 1180 g/mol. The van der Waals surface area contributed by atoms with Crippen molar-refractivity contribution < 1.29 is 38.2 Å². The number of rotatable bonds is 25. The molecule has 2 saturated heterocycles. The van der Waals surface area contributed by atoms with Crippen molar-refractivity contribution in [2.75, 3.05) is 37.2 Å². The summed E-state index contributed by atoms with van der Waals surface area (Å²) in [5.41, 5.74) is 11.2. The number of likely N-dealkylation sites (tertiary alicyclic amines) is 1. The second-order valence-electron chi connectivity index (χ2n) is 22.9. The van der Waals surface area contributed by atoms with Crippen LogP contribution < -0.4 is 26.4 Å². The fourth-order valence-electron chi connectivity index (χ4n) is 10.8. The Morgan fingerprint density at radius 1 is 0.866 bits per heavy atom. The molecule has 3 aromatic carbocycles. The summed E-state index contributed by atoms with van der Waals surface area (Å²) < 4.78 is 20.1. The molecule has 2 aliphatic heterocycles. The third-order valence-electron chi connectivity index (χ3n) is 15.4. The highest BCUT2D eigenvalue weighted by Crippen LogP contribution is 2.36. The van der Waals surface area contributed by atoms with Gasteiger partial charge in [-0.1, -0.05) is 120 Å². The van der Waals surface area contributed by atoms with E-state index in [1.165, 1.54) is 36.3 Å². The second kappa shape index (κ2) is 29.3. The first kappa shape index (κ1) is 63.3. The molecule has 6 atom stereocenters. The van der Waals surface area contributed by atoms with Gasteiger partial charge in [0.2, 0.25) is 17.7 Å². The minimum atomic E-state index is -0.853. The molecule has 4 heterocycles. The van der Waals surface area contributed by atoms with Gasteiger partial charge < -0.3 is 41.3 Å². The van der Waals surface area contributed by atoms with Crippen LogP contribution in [0.4, 0.5) is 15.9 Å². The number of aliphatic hydroxyl groups excluding tert-OH is 1. The molecule has 0 bridgehead atoms. The predicted octanol–water partition coefficient (Wildman–Crippen LogP) is 11.0. The Morgan fingerprint density at radius 2 is 1.50 bits per heavy atom. The van der Waals surface area contributed by atoms with Crippen LogP contribution in [-0.2, 0) is 20.9 Å². The fraction of sp³-hybridized carbons (Fsp3) is 0.508. The number of ether oxygens (including phenoxy) is 1. The number of unbranched alkanes of at least 4 members (excludes halogenated alkanes) is 9. The predicted molar refractivity (Wildman–Crippen MR) is 320 cm³/mol. The van der Waals surface area contributed by atoms with Crippen LogP contribution in [0.5, 0.6) is 5.75 Å². The van der Waals surface area contributed by atoms with Crippen LogP contribution in [0, 0.1) is 18.2 Å². The summed E-state index contributed by atoms with van der Waals surface area (Å²) >= 11 is 14.0. The number of piperazine rings is 1. The molecule has 82 heavy (non-hydrogen) atoms. The molecule has 442 valence electrons. The lowest BCUT2D eigenvalue weighted by Gasteiger charge is -2.44. The van der Waals surface area contributed by atoms with Crippen LogP contribution >= 0.6 is 34.5 Å². The number of halogens is 3. The molecule has 0 radical (unpaired) electrons. The molecule has 5 amide bonds. The Hall–Kier alpha value is -6.25. The molecule has 0 unspecified atom stereocenters. The number of aryl methyl sites for hydroxylation is 1. The second-order valence-corrected chi connectivity index (χ2v) is 24.5. The van der Waals surface area contributed by atoms with Gasteiger partial charge in [-0.2, -0.15) is 0 Å². The van der Waals surface area contributed by atoms with Gasteiger partial charge in [-0.15, -0.1) is 21.5 Å². The smallest absolute Gasteiger partial charge is 0.276 e. The largest absolute Gasteiger partial charge is 0.482 e. The van der Waals surface area contributed by atoms with Crippen molar-refractivity contribution in [3.63, 3.8) is 0 Å². The quantitative estimate of drug-likeness (QED) is 0.0272. The minimum absolute atomic E-state index is 0.0289. The number of benzene rings is 3. The lowest BCUT2D eigenvalue weighted by molar-refractivity contribution is -0.144. The number of hydrogen-bond donors (Lipinski definition) is 5. The molecule has 2 aromatic heterocycles. The van der Waals surface area contributed by atoms with E-state index in [0.29, 0.717) is 30.8 Å². The van der Waals surface area contributed by atoms with Crippen molar-refractivity contribution in [3.05, 3.63) is 116 Å². The molecule has 2 fully saturated rings. The van der Waals surface area contributed by atoms with Gasteiger partial charge in [0.1, 0.15) is 24.0 Å². The van der Waals surface area contributed by atoms with E-state index >= 15 is 0 Å². The zero-order chi connectivity index (χ0) is 59.3. The van der Waals surface area contributed by atoms with E-state index in [9.17, 15) is 33.5 Å². The van der Waals surface area contributed by atoms with Crippen LogP contribution in [0.15, 0.2) is 72.2 Å². The Morgan fingerprint density at radius 3 is 2.12 bits per heavy atom. The van der Waals surface area contributed by atoms with Gasteiger partial charge >= 0.3 is 0 Å². The van der Waals surface area contributed by atoms with Crippen molar-refractivity contribution in [1.29, 1.82) is 0 Å². The van der Waals surface area contributed by atoms with Gasteiger partial charge in [0.05, 0.1) is 27.2 Å². The molecule has 17 nitrogen and oxygen atoms in total. The first-order valence-electron chi connectivity index (χ1n) is 28.5. The van der Waals surface area contributed by atoms with E-state index in [4.69, 9.17) is 33.7 Å². The molecule has 7 rings (SSSR count). The zero-order valence-corrected chi connectivity index (χ0v) is 50.4. The van der Waals surface area contributed by atoms with E-state index in [1.807, 2.05) is 62.4 Å². The molecule has 5 aromatic rings. The Balaban J connectivity index is 0.740. The van der Waals surface area contributed by atoms with E-state index in [2.05, 4.69) is 49.9 Å². The average molecular weight is 1190 g/mol. The summed E-state index contributed by atoms with van der Waals surface area (Å²) in [7, 11) is 0. The molecule has 2 aliphatic rings. The van der Waals surface area contributed by atoms with E-state index in [-0.39, 0.29) is 88.1 Å². The lowest BCUT2D eigenvalue weighted by Crippen LogP contribution is -2.58.